The van der Waals surface area contributed by atoms with E-state index in [4.69, 9.17) is 4.74 Å². The minimum atomic E-state index is -0.481. The number of amides is 1. The normalized spacial score (nSPS) is 14.1. The van der Waals surface area contributed by atoms with E-state index in [1.165, 1.54) is 7.11 Å². The summed E-state index contributed by atoms with van der Waals surface area (Å²) < 4.78 is 8.17. The number of aryl methyl sites for hydroxylation is 3. The SMILES string of the molecule is COC(=O)c1cc2n(n1)CCCN(C(=O)c1cc3nc(C)cc(C)n3n1)C2. The van der Waals surface area contributed by atoms with Gasteiger partial charge in [-0.2, -0.15) is 10.2 Å². The number of hydrogen-bond acceptors (Lipinski definition) is 6. The van der Waals surface area contributed by atoms with Crippen LogP contribution in [0.1, 0.15) is 44.5 Å². The monoisotopic (exact) mass is 368 g/mol. The van der Waals surface area contributed by atoms with E-state index >= 15 is 0 Å². The second-order valence-corrected chi connectivity index (χ2v) is 6.65. The summed E-state index contributed by atoms with van der Waals surface area (Å²) in [6, 6.07) is 5.31. The van der Waals surface area contributed by atoms with E-state index in [-0.39, 0.29) is 11.6 Å². The molecule has 1 amide bonds. The van der Waals surface area contributed by atoms with E-state index in [0.29, 0.717) is 31.0 Å². The molecular formula is C18H20N6O3. The van der Waals surface area contributed by atoms with Crippen molar-refractivity contribution in [3.05, 3.63) is 46.7 Å². The van der Waals surface area contributed by atoms with Crippen LogP contribution < -0.4 is 0 Å². The molecular weight excluding hydrogens is 348 g/mol. The van der Waals surface area contributed by atoms with Crippen molar-refractivity contribution >= 4 is 17.5 Å². The highest BCUT2D eigenvalue weighted by atomic mass is 16.5. The van der Waals surface area contributed by atoms with E-state index in [2.05, 4.69) is 15.2 Å². The highest BCUT2D eigenvalue weighted by Gasteiger charge is 2.25. The van der Waals surface area contributed by atoms with Crippen LogP contribution in [0.4, 0.5) is 0 Å². The number of ether oxygens (including phenoxy) is 1. The van der Waals surface area contributed by atoms with Crippen LogP contribution in [0.5, 0.6) is 0 Å². The largest absolute Gasteiger partial charge is 0.464 e. The van der Waals surface area contributed by atoms with Gasteiger partial charge in [0.25, 0.3) is 5.91 Å². The summed E-state index contributed by atoms with van der Waals surface area (Å²) in [5.74, 6) is -0.641. The third-order valence-electron chi connectivity index (χ3n) is 4.65. The summed E-state index contributed by atoms with van der Waals surface area (Å²) in [4.78, 5) is 30.9. The van der Waals surface area contributed by atoms with Crippen molar-refractivity contribution in [2.45, 2.75) is 33.4 Å². The number of nitrogens with zero attached hydrogens (tertiary/aromatic N) is 6. The first-order valence-corrected chi connectivity index (χ1v) is 8.74. The molecule has 1 aliphatic rings. The van der Waals surface area contributed by atoms with Gasteiger partial charge in [-0.1, -0.05) is 0 Å². The maximum Gasteiger partial charge on any atom is 0.358 e. The number of hydrogen-bond donors (Lipinski definition) is 0. The molecule has 0 saturated carbocycles. The fraction of sp³-hybridized carbons (Fsp3) is 0.389. The summed E-state index contributed by atoms with van der Waals surface area (Å²) in [6.45, 7) is 5.44. The van der Waals surface area contributed by atoms with Gasteiger partial charge in [-0.25, -0.2) is 14.3 Å². The Morgan fingerprint density at radius 1 is 1.07 bits per heavy atom. The summed E-state index contributed by atoms with van der Waals surface area (Å²) in [5, 5.41) is 8.71. The van der Waals surface area contributed by atoms with Gasteiger partial charge < -0.3 is 9.64 Å². The zero-order valence-corrected chi connectivity index (χ0v) is 15.5. The predicted molar refractivity (Wildman–Crippen MR) is 95.4 cm³/mol. The van der Waals surface area contributed by atoms with E-state index in [9.17, 15) is 9.59 Å². The first kappa shape index (κ1) is 17.2. The number of carbonyl (C=O) groups excluding carboxylic acids is 2. The number of esters is 1. The first-order chi connectivity index (χ1) is 13.0. The minimum Gasteiger partial charge on any atom is -0.464 e. The molecule has 0 aromatic carbocycles. The average molecular weight is 368 g/mol. The number of fused-ring (bicyclic) bond motifs is 2. The minimum absolute atomic E-state index is 0.160. The van der Waals surface area contributed by atoms with Crippen molar-refractivity contribution in [1.82, 2.24) is 29.3 Å². The zero-order valence-electron chi connectivity index (χ0n) is 15.5. The van der Waals surface area contributed by atoms with Gasteiger partial charge in [0, 0.05) is 30.5 Å². The third kappa shape index (κ3) is 3.05. The van der Waals surface area contributed by atoms with Crippen molar-refractivity contribution < 1.29 is 14.3 Å². The Morgan fingerprint density at radius 3 is 2.67 bits per heavy atom. The van der Waals surface area contributed by atoms with E-state index in [1.807, 2.05) is 19.9 Å². The van der Waals surface area contributed by atoms with Gasteiger partial charge in [0.05, 0.1) is 19.3 Å². The molecule has 0 saturated heterocycles. The Labute approximate surface area is 155 Å². The molecule has 3 aromatic rings. The summed E-state index contributed by atoms with van der Waals surface area (Å²) >= 11 is 0. The van der Waals surface area contributed by atoms with Crippen molar-refractivity contribution in [1.29, 1.82) is 0 Å². The van der Waals surface area contributed by atoms with Crippen LogP contribution >= 0.6 is 0 Å². The van der Waals surface area contributed by atoms with Crippen molar-refractivity contribution in [3.8, 4) is 0 Å². The molecule has 27 heavy (non-hydrogen) atoms. The summed E-state index contributed by atoms with van der Waals surface area (Å²) in [7, 11) is 1.32. The Kier molecular flexibility index (Phi) is 4.14. The second kappa shape index (κ2) is 6.49. The van der Waals surface area contributed by atoms with Gasteiger partial charge in [0.15, 0.2) is 17.0 Å². The molecule has 0 spiro atoms. The summed E-state index contributed by atoms with van der Waals surface area (Å²) in [5.41, 5.74) is 3.88. The van der Waals surface area contributed by atoms with Gasteiger partial charge in [-0.05, 0) is 32.4 Å². The molecule has 0 N–H and O–H groups in total. The fourth-order valence-electron chi connectivity index (χ4n) is 3.39. The van der Waals surface area contributed by atoms with Crippen LogP contribution in [0.25, 0.3) is 5.65 Å². The molecule has 0 fully saturated rings. The van der Waals surface area contributed by atoms with E-state index < -0.39 is 5.97 Å². The van der Waals surface area contributed by atoms with Crippen molar-refractivity contribution in [2.24, 2.45) is 0 Å². The summed E-state index contributed by atoms with van der Waals surface area (Å²) in [6.07, 6.45) is 0.741. The lowest BCUT2D eigenvalue weighted by molar-refractivity contribution is 0.0593. The van der Waals surface area contributed by atoms with Crippen LogP contribution in [0, 0.1) is 13.8 Å². The molecule has 0 radical (unpaired) electrons. The molecule has 9 heteroatoms. The van der Waals surface area contributed by atoms with Crippen LogP contribution in [0.15, 0.2) is 18.2 Å². The Hall–Kier alpha value is -3.23. The lowest BCUT2D eigenvalue weighted by Gasteiger charge is -2.18. The third-order valence-corrected chi connectivity index (χ3v) is 4.65. The van der Waals surface area contributed by atoms with Gasteiger partial charge in [-0.15, -0.1) is 0 Å². The zero-order chi connectivity index (χ0) is 19.1. The second-order valence-electron chi connectivity index (χ2n) is 6.65. The van der Waals surface area contributed by atoms with Crippen LogP contribution in [0.3, 0.4) is 0 Å². The first-order valence-electron chi connectivity index (χ1n) is 8.74. The van der Waals surface area contributed by atoms with Gasteiger partial charge >= 0.3 is 5.97 Å². The van der Waals surface area contributed by atoms with Crippen LogP contribution in [0.2, 0.25) is 0 Å². The molecule has 1 aliphatic heterocycles. The molecule has 140 valence electrons. The average Bonchev–Trinajstić information content (AvgIpc) is 3.19. The predicted octanol–water partition coefficient (Wildman–Crippen LogP) is 1.38. The quantitative estimate of drug-likeness (QED) is 0.634. The van der Waals surface area contributed by atoms with Gasteiger partial charge in [-0.3, -0.25) is 9.48 Å². The molecule has 4 heterocycles. The Morgan fingerprint density at radius 2 is 1.89 bits per heavy atom. The number of methoxy groups -OCH3 is 1. The smallest absolute Gasteiger partial charge is 0.358 e. The lowest BCUT2D eigenvalue weighted by atomic mass is 10.3. The van der Waals surface area contributed by atoms with E-state index in [1.54, 1.807) is 26.2 Å². The number of aromatic nitrogens is 5. The number of carbonyl (C=O) groups is 2. The van der Waals surface area contributed by atoms with Crippen LogP contribution in [-0.2, 0) is 17.8 Å². The molecule has 9 nitrogen and oxygen atoms in total. The lowest BCUT2D eigenvalue weighted by Crippen LogP contribution is -2.31. The Bertz CT molecular complexity index is 1050. The fourth-order valence-corrected chi connectivity index (χ4v) is 3.39. The van der Waals surface area contributed by atoms with Crippen molar-refractivity contribution in [2.75, 3.05) is 13.7 Å². The highest BCUT2D eigenvalue weighted by Crippen LogP contribution is 2.17. The molecule has 4 rings (SSSR count). The highest BCUT2D eigenvalue weighted by molar-refractivity contribution is 5.93. The number of rotatable bonds is 2. The molecule has 0 atom stereocenters. The van der Waals surface area contributed by atoms with Gasteiger partial charge in [0.2, 0.25) is 0 Å². The molecule has 3 aromatic heterocycles. The molecule has 0 aliphatic carbocycles. The topological polar surface area (TPSA) is 94.6 Å². The Balaban J connectivity index is 1.63. The van der Waals surface area contributed by atoms with Gasteiger partial charge in [0.1, 0.15) is 0 Å². The molecule has 0 unspecified atom stereocenters. The maximum absolute atomic E-state index is 13.0. The standard InChI is InChI=1S/C18H20N6O3/c1-11-7-12(2)24-16(19-11)9-14(21-24)17(25)22-5-4-6-23-13(10-22)8-15(20-23)18(26)27-3/h7-9H,4-6,10H2,1-3H3. The molecule has 0 bridgehead atoms. The van der Waals surface area contributed by atoms with E-state index in [0.717, 1.165) is 23.5 Å². The van der Waals surface area contributed by atoms with Crippen LogP contribution in [-0.4, -0.2) is 54.8 Å². The maximum atomic E-state index is 13.0. The van der Waals surface area contributed by atoms with Crippen molar-refractivity contribution in [3.63, 3.8) is 0 Å².